The zero-order valence-corrected chi connectivity index (χ0v) is 11.4. The smallest absolute Gasteiger partial charge is 0.00720 e. The third kappa shape index (κ3) is 4.58. The molecule has 16 heavy (non-hydrogen) atoms. The quantitative estimate of drug-likeness (QED) is 0.763. The lowest BCUT2D eigenvalue weighted by Gasteiger charge is -2.23. The number of thioether (sulfide) groups is 1. The highest BCUT2D eigenvalue weighted by Gasteiger charge is 2.17. The number of rotatable bonds is 6. The number of hydrogen-bond acceptors (Lipinski definition) is 2. The van der Waals surface area contributed by atoms with E-state index in [0.29, 0.717) is 5.41 Å². The van der Waals surface area contributed by atoms with Crippen LogP contribution in [0.25, 0.3) is 0 Å². The summed E-state index contributed by atoms with van der Waals surface area (Å²) in [6.07, 6.45) is 2.19. The molecule has 0 heterocycles. The molecule has 1 nitrogen and oxygen atoms in total. The van der Waals surface area contributed by atoms with Crippen molar-refractivity contribution in [3.05, 3.63) is 29.8 Å². The van der Waals surface area contributed by atoms with Gasteiger partial charge in [-0.2, -0.15) is 0 Å². The normalized spacial score (nSPS) is 11.8. The van der Waals surface area contributed by atoms with Gasteiger partial charge in [0.1, 0.15) is 0 Å². The lowest BCUT2D eigenvalue weighted by molar-refractivity contribution is 0.339. The van der Waals surface area contributed by atoms with Crippen molar-refractivity contribution < 1.29 is 0 Å². The monoisotopic (exact) mass is 237 g/mol. The molecule has 0 aliphatic heterocycles. The minimum absolute atomic E-state index is 0.314. The molecule has 1 rings (SSSR count). The van der Waals surface area contributed by atoms with E-state index >= 15 is 0 Å². The van der Waals surface area contributed by atoms with Crippen molar-refractivity contribution in [3.63, 3.8) is 0 Å². The van der Waals surface area contributed by atoms with Crippen LogP contribution in [0.4, 0.5) is 0 Å². The molecule has 2 N–H and O–H groups in total. The zero-order chi connectivity index (χ0) is 12.0. The minimum atomic E-state index is 0.314. The molecule has 0 saturated heterocycles. The van der Waals surface area contributed by atoms with Crippen molar-refractivity contribution in [1.82, 2.24) is 0 Å². The first-order chi connectivity index (χ1) is 7.57. The van der Waals surface area contributed by atoms with E-state index in [-0.39, 0.29) is 0 Å². The van der Waals surface area contributed by atoms with E-state index in [4.69, 9.17) is 5.73 Å². The summed E-state index contributed by atoms with van der Waals surface area (Å²) in [5.74, 6) is 1.14. The molecule has 1 aromatic rings. The van der Waals surface area contributed by atoms with Crippen LogP contribution in [0, 0.1) is 5.41 Å². The molecule has 0 unspecified atom stereocenters. The highest BCUT2D eigenvalue weighted by Crippen LogP contribution is 2.26. The van der Waals surface area contributed by atoms with E-state index in [2.05, 4.69) is 45.0 Å². The van der Waals surface area contributed by atoms with Gasteiger partial charge in [-0.25, -0.2) is 0 Å². The third-order valence-electron chi connectivity index (χ3n) is 2.74. The van der Waals surface area contributed by atoms with E-state index in [9.17, 15) is 0 Å². The fourth-order valence-electron chi connectivity index (χ4n) is 1.90. The molecule has 0 saturated carbocycles. The van der Waals surface area contributed by atoms with E-state index in [1.807, 2.05) is 11.8 Å². The van der Waals surface area contributed by atoms with Crippen LogP contribution in [0.1, 0.15) is 32.8 Å². The average Bonchev–Trinajstić information content (AvgIpc) is 2.21. The van der Waals surface area contributed by atoms with Crippen molar-refractivity contribution in [3.8, 4) is 0 Å². The van der Waals surface area contributed by atoms with Gasteiger partial charge in [0.05, 0.1) is 0 Å². The molecule has 2 heteroatoms. The number of benzene rings is 1. The van der Waals surface area contributed by atoms with Crippen LogP contribution in [0.2, 0.25) is 0 Å². The Bertz CT molecular complexity index is 303. The maximum absolute atomic E-state index is 5.63. The van der Waals surface area contributed by atoms with Gasteiger partial charge in [-0.05, 0) is 48.3 Å². The molecule has 0 radical (unpaired) electrons. The Labute approximate surface area is 104 Å². The van der Waals surface area contributed by atoms with E-state index < -0.39 is 0 Å². The van der Waals surface area contributed by atoms with Crippen LogP contribution < -0.4 is 5.73 Å². The van der Waals surface area contributed by atoms with Gasteiger partial charge in [0, 0.05) is 4.90 Å². The topological polar surface area (TPSA) is 26.0 Å². The van der Waals surface area contributed by atoms with Gasteiger partial charge in [-0.3, -0.25) is 0 Å². The summed E-state index contributed by atoms with van der Waals surface area (Å²) < 4.78 is 0. The Morgan fingerprint density at radius 2 is 1.81 bits per heavy atom. The van der Waals surface area contributed by atoms with Crippen LogP contribution >= 0.6 is 11.8 Å². The summed E-state index contributed by atoms with van der Waals surface area (Å²) in [5, 5.41) is 0. The second-order valence-corrected chi connectivity index (χ2v) is 6.29. The van der Waals surface area contributed by atoms with Gasteiger partial charge in [-0.15, -0.1) is 11.8 Å². The summed E-state index contributed by atoms with van der Waals surface area (Å²) in [6.45, 7) is 7.53. The minimum Gasteiger partial charge on any atom is -0.330 e. The van der Waals surface area contributed by atoms with E-state index in [1.54, 1.807) is 0 Å². The SMILES string of the molecule is CCSc1ccc(CC(C)(C)CCN)cc1. The Kier molecular flexibility index (Phi) is 5.36. The van der Waals surface area contributed by atoms with Crippen LogP contribution in [0.3, 0.4) is 0 Å². The largest absolute Gasteiger partial charge is 0.330 e. The van der Waals surface area contributed by atoms with Crippen molar-refractivity contribution in [2.24, 2.45) is 11.1 Å². The highest BCUT2D eigenvalue weighted by atomic mass is 32.2. The molecule has 0 bridgehead atoms. The molecule has 0 fully saturated rings. The fraction of sp³-hybridized carbons (Fsp3) is 0.571. The molecule has 0 spiro atoms. The summed E-state index contributed by atoms with van der Waals surface area (Å²) in [7, 11) is 0. The summed E-state index contributed by atoms with van der Waals surface area (Å²) in [5.41, 5.74) is 7.36. The molecule has 0 atom stereocenters. The summed E-state index contributed by atoms with van der Waals surface area (Å²) >= 11 is 1.89. The van der Waals surface area contributed by atoms with Crippen molar-refractivity contribution in [2.45, 2.75) is 38.5 Å². The molecular formula is C14H23NS. The Morgan fingerprint density at radius 1 is 1.19 bits per heavy atom. The van der Waals surface area contributed by atoms with Gasteiger partial charge in [-0.1, -0.05) is 32.9 Å². The maximum Gasteiger partial charge on any atom is 0.00720 e. The molecule has 0 aliphatic rings. The summed E-state index contributed by atoms with van der Waals surface area (Å²) in [6, 6.07) is 8.94. The van der Waals surface area contributed by atoms with Gasteiger partial charge < -0.3 is 5.73 Å². The van der Waals surface area contributed by atoms with Gasteiger partial charge >= 0.3 is 0 Å². The van der Waals surface area contributed by atoms with Gasteiger partial charge in [0.25, 0.3) is 0 Å². The standard InChI is InChI=1S/C14H23NS/c1-4-16-13-7-5-12(6-8-13)11-14(2,3)9-10-15/h5-8H,4,9-11,15H2,1-3H3. The molecule has 0 amide bonds. The molecule has 0 aliphatic carbocycles. The first-order valence-electron chi connectivity index (χ1n) is 5.99. The zero-order valence-electron chi connectivity index (χ0n) is 10.6. The highest BCUT2D eigenvalue weighted by molar-refractivity contribution is 7.99. The van der Waals surface area contributed by atoms with Crippen molar-refractivity contribution in [1.29, 1.82) is 0 Å². The summed E-state index contributed by atoms with van der Waals surface area (Å²) in [4.78, 5) is 1.36. The van der Waals surface area contributed by atoms with Crippen LogP contribution in [0.15, 0.2) is 29.2 Å². The Hall–Kier alpha value is -0.470. The molecular weight excluding hydrogens is 214 g/mol. The second kappa shape index (κ2) is 6.31. The number of hydrogen-bond donors (Lipinski definition) is 1. The first-order valence-corrected chi connectivity index (χ1v) is 6.98. The molecule has 1 aromatic carbocycles. The predicted molar refractivity (Wildman–Crippen MR) is 74.0 cm³/mol. The second-order valence-electron chi connectivity index (χ2n) is 4.96. The Balaban J connectivity index is 2.61. The number of nitrogens with two attached hydrogens (primary N) is 1. The van der Waals surface area contributed by atoms with Crippen molar-refractivity contribution in [2.75, 3.05) is 12.3 Å². The molecule has 90 valence electrons. The van der Waals surface area contributed by atoms with Gasteiger partial charge in [0.2, 0.25) is 0 Å². The van der Waals surface area contributed by atoms with Crippen molar-refractivity contribution >= 4 is 11.8 Å². The van der Waals surface area contributed by atoms with Crippen LogP contribution in [-0.2, 0) is 6.42 Å². The third-order valence-corrected chi connectivity index (χ3v) is 3.63. The Morgan fingerprint density at radius 3 is 2.31 bits per heavy atom. The van der Waals surface area contributed by atoms with E-state index in [1.165, 1.54) is 10.5 Å². The van der Waals surface area contributed by atoms with Crippen LogP contribution in [-0.4, -0.2) is 12.3 Å². The molecule has 0 aromatic heterocycles. The fourth-order valence-corrected chi connectivity index (χ4v) is 2.56. The predicted octanol–water partition coefficient (Wildman–Crippen LogP) is 3.72. The van der Waals surface area contributed by atoms with E-state index in [0.717, 1.165) is 25.1 Å². The van der Waals surface area contributed by atoms with Crippen LogP contribution in [0.5, 0.6) is 0 Å². The lowest BCUT2D eigenvalue weighted by Crippen LogP contribution is -2.19. The average molecular weight is 237 g/mol. The maximum atomic E-state index is 5.63. The lowest BCUT2D eigenvalue weighted by atomic mass is 9.83. The van der Waals surface area contributed by atoms with Gasteiger partial charge in [0.15, 0.2) is 0 Å². The first kappa shape index (κ1) is 13.6.